The van der Waals surface area contributed by atoms with E-state index in [1.54, 1.807) is 7.11 Å². The summed E-state index contributed by atoms with van der Waals surface area (Å²) in [5.74, 6) is 0.262. The summed E-state index contributed by atoms with van der Waals surface area (Å²) in [6.07, 6.45) is 0.321. The highest BCUT2D eigenvalue weighted by Crippen LogP contribution is 2.10. The first-order chi connectivity index (χ1) is 9.17. The fraction of sp³-hybridized carbons (Fsp3) is 0.533. The third kappa shape index (κ3) is 5.85. The van der Waals surface area contributed by atoms with E-state index in [2.05, 4.69) is 12.2 Å². The Morgan fingerprint density at radius 3 is 2.58 bits per heavy atom. The van der Waals surface area contributed by atoms with Gasteiger partial charge in [0.2, 0.25) is 0 Å². The Morgan fingerprint density at radius 1 is 1.26 bits per heavy atom. The SMILES string of the molecule is COCC(C)CNCc1ccccc1CC(=O)OC. The Bertz CT molecular complexity index is 393. The van der Waals surface area contributed by atoms with E-state index in [1.165, 1.54) is 7.11 Å². The lowest BCUT2D eigenvalue weighted by Crippen LogP contribution is -2.24. The van der Waals surface area contributed by atoms with Gasteiger partial charge in [-0.25, -0.2) is 0 Å². The zero-order chi connectivity index (χ0) is 14.1. The molecule has 0 fully saturated rings. The molecule has 0 aliphatic carbocycles. The molecule has 1 aromatic rings. The van der Waals surface area contributed by atoms with Crippen LogP contribution in [0.4, 0.5) is 0 Å². The summed E-state index contributed by atoms with van der Waals surface area (Å²) >= 11 is 0. The molecule has 0 aromatic heterocycles. The van der Waals surface area contributed by atoms with Crippen molar-refractivity contribution in [1.82, 2.24) is 5.32 Å². The Morgan fingerprint density at radius 2 is 1.95 bits per heavy atom. The average molecular weight is 265 g/mol. The van der Waals surface area contributed by atoms with Crippen LogP contribution < -0.4 is 5.32 Å². The Balaban J connectivity index is 2.50. The van der Waals surface area contributed by atoms with Gasteiger partial charge >= 0.3 is 5.97 Å². The lowest BCUT2D eigenvalue weighted by Gasteiger charge is -2.13. The quantitative estimate of drug-likeness (QED) is 0.728. The van der Waals surface area contributed by atoms with E-state index >= 15 is 0 Å². The average Bonchev–Trinajstić information content (AvgIpc) is 2.41. The van der Waals surface area contributed by atoms with Crippen LogP contribution >= 0.6 is 0 Å². The van der Waals surface area contributed by atoms with Crippen LogP contribution in [0, 0.1) is 5.92 Å². The Hall–Kier alpha value is -1.39. The van der Waals surface area contributed by atoms with Crippen LogP contribution in [0.1, 0.15) is 18.1 Å². The van der Waals surface area contributed by atoms with Crippen LogP contribution in [0.3, 0.4) is 0 Å². The predicted molar refractivity (Wildman–Crippen MR) is 74.9 cm³/mol. The smallest absolute Gasteiger partial charge is 0.309 e. The normalized spacial score (nSPS) is 12.2. The predicted octanol–water partition coefficient (Wildman–Crippen LogP) is 1.77. The fourth-order valence-electron chi connectivity index (χ4n) is 1.93. The van der Waals surface area contributed by atoms with Crippen LogP contribution in [-0.2, 0) is 27.2 Å². The standard InChI is InChI=1S/C15H23NO3/c1-12(11-18-2)9-16-10-14-7-5-4-6-13(14)8-15(17)19-3/h4-7,12,16H,8-11H2,1-3H3. The maximum absolute atomic E-state index is 11.3. The van der Waals surface area contributed by atoms with Gasteiger partial charge in [0.15, 0.2) is 0 Å². The van der Waals surface area contributed by atoms with Crippen molar-refractivity contribution in [2.45, 2.75) is 19.9 Å². The molecule has 0 aliphatic rings. The van der Waals surface area contributed by atoms with Gasteiger partial charge in [0.05, 0.1) is 13.5 Å². The molecule has 0 amide bonds. The lowest BCUT2D eigenvalue weighted by molar-refractivity contribution is -0.139. The van der Waals surface area contributed by atoms with Crippen molar-refractivity contribution in [2.75, 3.05) is 27.4 Å². The minimum atomic E-state index is -0.208. The number of esters is 1. The van der Waals surface area contributed by atoms with E-state index in [-0.39, 0.29) is 5.97 Å². The second kappa shape index (κ2) is 8.67. The van der Waals surface area contributed by atoms with E-state index in [4.69, 9.17) is 9.47 Å². The van der Waals surface area contributed by atoms with Crippen molar-refractivity contribution in [1.29, 1.82) is 0 Å². The first-order valence-corrected chi connectivity index (χ1v) is 6.50. The van der Waals surface area contributed by atoms with Gasteiger partial charge in [0.25, 0.3) is 0 Å². The third-order valence-corrected chi connectivity index (χ3v) is 2.94. The molecule has 1 atom stereocenters. The van der Waals surface area contributed by atoms with E-state index in [9.17, 15) is 4.79 Å². The molecule has 19 heavy (non-hydrogen) atoms. The molecule has 1 aromatic carbocycles. The second-order valence-electron chi connectivity index (χ2n) is 4.71. The molecular formula is C15H23NO3. The molecule has 0 bridgehead atoms. The molecule has 0 heterocycles. The molecule has 0 saturated carbocycles. The summed E-state index contributed by atoms with van der Waals surface area (Å²) in [7, 11) is 3.12. The molecule has 0 saturated heterocycles. The molecule has 4 nitrogen and oxygen atoms in total. The van der Waals surface area contributed by atoms with Gasteiger partial charge in [-0.05, 0) is 17.0 Å². The zero-order valence-corrected chi connectivity index (χ0v) is 11.9. The highest BCUT2D eigenvalue weighted by molar-refractivity contribution is 5.72. The van der Waals surface area contributed by atoms with Crippen LogP contribution in [0.15, 0.2) is 24.3 Å². The number of benzene rings is 1. The number of methoxy groups -OCH3 is 2. The van der Waals surface area contributed by atoms with Gasteiger partial charge in [-0.2, -0.15) is 0 Å². The highest BCUT2D eigenvalue weighted by atomic mass is 16.5. The van der Waals surface area contributed by atoms with Crippen molar-refractivity contribution in [3.8, 4) is 0 Å². The van der Waals surface area contributed by atoms with E-state index in [0.29, 0.717) is 12.3 Å². The summed E-state index contributed by atoms with van der Waals surface area (Å²) in [4.78, 5) is 11.3. The van der Waals surface area contributed by atoms with Crippen molar-refractivity contribution in [3.05, 3.63) is 35.4 Å². The molecule has 1 N–H and O–H groups in total. The van der Waals surface area contributed by atoms with E-state index in [0.717, 1.165) is 30.8 Å². The van der Waals surface area contributed by atoms with Crippen LogP contribution in [0.25, 0.3) is 0 Å². The molecule has 0 spiro atoms. The highest BCUT2D eigenvalue weighted by Gasteiger charge is 2.08. The van der Waals surface area contributed by atoms with Crippen molar-refractivity contribution >= 4 is 5.97 Å². The number of nitrogens with one attached hydrogen (secondary N) is 1. The maximum atomic E-state index is 11.3. The number of ether oxygens (including phenoxy) is 2. The molecule has 1 rings (SSSR count). The van der Waals surface area contributed by atoms with Crippen molar-refractivity contribution in [3.63, 3.8) is 0 Å². The van der Waals surface area contributed by atoms with Crippen LogP contribution in [0.2, 0.25) is 0 Å². The largest absolute Gasteiger partial charge is 0.469 e. The minimum absolute atomic E-state index is 0.208. The van der Waals surface area contributed by atoms with E-state index < -0.39 is 0 Å². The first kappa shape index (κ1) is 15.7. The van der Waals surface area contributed by atoms with Crippen molar-refractivity contribution in [2.24, 2.45) is 5.92 Å². The van der Waals surface area contributed by atoms with Gasteiger partial charge < -0.3 is 14.8 Å². The minimum Gasteiger partial charge on any atom is -0.469 e. The summed E-state index contributed by atoms with van der Waals surface area (Å²) in [6.45, 7) is 4.52. The Kier molecular flexibility index (Phi) is 7.15. The summed E-state index contributed by atoms with van der Waals surface area (Å²) in [5.41, 5.74) is 2.15. The monoisotopic (exact) mass is 265 g/mol. The topological polar surface area (TPSA) is 47.6 Å². The molecule has 0 radical (unpaired) electrons. The number of carbonyl (C=O) groups excluding carboxylic acids is 1. The van der Waals surface area contributed by atoms with Gasteiger partial charge in [-0.3, -0.25) is 4.79 Å². The lowest BCUT2D eigenvalue weighted by atomic mass is 10.0. The summed E-state index contributed by atoms with van der Waals surface area (Å²) in [6, 6.07) is 7.92. The number of rotatable bonds is 8. The van der Waals surface area contributed by atoms with Crippen LogP contribution in [-0.4, -0.2) is 33.3 Å². The second-order valence-corrected chi connectivity index (χ2v) is 4.71. The molecular weight excluding hydrogens is 242 g/mol. The van der Waals surface area contributed by atoms with Gasteiger partial charge in [-0.15, -0.1) is 0 Å². The fourth-order valence-corrected chi connectivity index (χ4v) is 1.93. The summed E-state index contributed by atoms with van der Waals surface area (Å²) in [5, 5.41) is 3.39. The third-order valence-electron chi connectivity index (χ3n) is 2.94. The van der Waals surface area contributed by atoms with Crippen LogP contribution in [0.5, 0.6) is 0 Å². The van der Waals surface area contributed by atoms with E-state index in [1.807, 2.05) is 24.3 Å². The summed E-state index contributed by atoms with van der Waals surface area (Å²) < 4.78 is 9.80. The number of carbonyl (C=O) groups is 1. The molecule has 1 unspecified atom stereocenters. The first-order valence-electron chi connectivity index (χ1n) is 6.50. The zero-order valence-electron chi connectivity index (χ0n) is 11.9. The van der Waals surface area contributed by atoms with Gasteiger partial charge in [0, 0.05) is 26.8 Å². The number of hydrogen-bond acceptors (Lipinski definition) is 4. The molecule has 4 heteroatoms. The Labute approximate surface area is 115 Å². The van der Waals surface area contributed by atoms with Gasteiger partial charge in [0.1, 0.15) is 0 Å². The number of hydrogen-bond donors (Lipinski definition) is 1. The van der Waals surface area contributed by atoms with Gasteiger partial charge in [-0.1, -0.05) is 31.2 Å². The maximum Gasteiger partial charge on any atom is 0.309 e. The molecule has 0 aliphatic heterocycles. The molecule has 106 valence electrons. The van der Waals surface area contributed by atoms with Crippen molar-refractivity contribution < 1.29 is 14.3 Å².